The molecule has 1 aromatic rings. The summed E-state index contributed by atoms with van der Waals surface area (Å²) in [7, 11) is 1.27. The van der Waals surface area contributed by atoms with Gasteiger partial charge in [-0.15, -0.1) is 0 Å². The fourth-order valence-corrected chi connectivity index (χ4v) is 1.28. The van der Waals surface area contributed by atoms with Crippen LogP contribution in [0.1, 0.15) is 10.4 Å². The molecule has 2 N–H and O–H groups in total. The molecule has 0 heterocycles. The van der Waals surface area contributed by atoms with Gasteiger partial charge in [0.1, 0.15) is 0 Å². The number of methoxy groups -OCH3 is 1. The van der Waals surface area contributed by atoms with Gasteiger partial charge in [-0.2, -0.15) is 0 Å². The van der Waals surface area contributed by atoms with Gasteiger partial charge in [0.2, 0.25) is 0 Å². The highest BCUT2D eigenvalue weighted by Gasteiger charge is 2.14. The summed E-state index contributed by atoms with van der Waals surface area (Å²) in [5.41, 5.74) is 5.90. The molecule has 0 spiro atoms. The lowest BCUT2D eigenvalue weighted by atomic mass is 10.2. The topological polar surface area (TPSA) is 52.3 Å². The van der Waals surface area contributed by atoms with Gasteiger partial charge < -0.3 is 10.5 Å². The second-order valence-corrected chi connectivity index (χ2v) is 3.10. The SMILES string of the molecule is COC(=O)c1ccc(Cl)c(N)c1Cl. The third-order valence-corrected chi connectivity index (χ3v) is 2.27. The Bertz CT molecular complexity index is 352. The van der Waals surface area contributed by atoms with Crippen molar-refractivity contribution in [2.24, 2.45) is 0 Å². The Kier molecular flexibility index (Phi) is 3.01. The molecule has 0 saturated heterocycles. The van der Waals surface area contributed by atoms with Crippen LogP contribution in [0, 0.1) is 0 Å². The second kappa shape index (κ2) is 3.85. The number of halogens is 2. The molecule has 0 amide bonds. The van der Waals surface area contributed by atoms with Crippen LogP contribution in [0.4, 0.5) is 5.69 Å². The molecule has 13 heavy (non-hydrogen) atoms. The van der Waals surface area contributed by atoms with E-state index in [1.54, 1.807) is 0 Å². The Hall–Kier alpha value is -0.930. The minimum atomic E-state index is -0.534. The molecule has 0 unspecified atom stereocenters. The highest BCUT2D eigenvalue weighted by atomic mass is 35.5. The first-order valence-electron chi connectivity index (χ1n) is 3.39. The van der Waals surface area contributed by atoms with Crippen molar-refractivity contribution in [2.75, 3.05) is 12.8 Å². The normalized spacial score (nSPS) is 9.77. The molecule has 0 aliphatic rings. The van der Waals surface area contributed by atoms with E-state index in [1.807, 2.05) is 0 Å². The summed E-state index contributed by atoms with van der Waals surface area (Å²) in [5.74, 6) is -0.534. The van der Waals surface area contributed by atoms with Crippen molar-refractivity contribution in [3.63, 3.8) is 0 Å². The first-order valence-corrected chi connectivity index (χ1v) is 4.15. The number of rotatable bonds is 1. The number of ether oxygens (including phenoxy) is 1. The number of esters is 1. The number of anilines is 1. The van der Waals surface area contributed by atoms with Crippen LogP contribution in [0.15, 0.2) is 12.1 Å². The van der Waals surface area contributed by atoms with E-state index >= 15 is 0 Å². The van der Waals surface area contributed by atoms with Crippen LogP contribution in [-0.2, 0) is 4.74 Å². The maximum atomic E-state index is 11.1. The summed E-state index contributed by atoms with van der Waals surface area (Å²) in [5, 5.41) is 0.442. The Morgan fingerprint density at radius 2 is 2.08 bits per heavy atom. The van der Waals surface area contributed by atoms with E-state index in [2.05, 4.69) is 4.74 Å². The fraction of sp³-hybridized carbons (Fsp3) is 0.125. The second-order valence-electron chi connectivity index (χ2n) is 2.31. The summed E-state index contributed by atoms with van der Waals surface area (Å²) in [6, 6.07) is 2.96. The standard InChI is InChI=1S/C8H7Cl2NO2/c1-13-8(12)4-2-3-5(9)7(11)6(4)10/h2-3H,11H2,1H3. The van der Waals surface area contributed by atoms with Crippen LogP contribution in [0.5, 0.6) is 0 Å². The number of nitrogens with two attached hydrogens (primary N) is 1. The zero-order chi connectivity index (χ0) is 10.0. The third-order valence-electron chi connectivity index (χ3n) is 1.53. The molecule has 0 bridgehead atoms. The number of hydrogen-bond acceptors (Lipinski definition) is 3. The zero-order valence-electron chi connectivity index (χ0n) is 6.80. The van der Waals surface area contributed by atoms with Crippen LogP contribution in [0.2, 0.25) is 10.0 Å². The van der Waals surface area contributed by atoms with Crippen molar-refractivity contribution < 1.29 is 9.53 Å². The first-order chi connectivity index (χ1) is 6.07. The molecule has 0 saturated carbocycles. The van der Waals surface area contributed by atoms with Gasteiger partial charge in [-0.05, 0) is 12.1 Å². The molecule has 0 atom stereocenters. The highest BCUT2D eigenvalue weighted by molar-refractivity contribution is 6.40. The lowest BCUT2D eigenvalue weighted by Gasteiger charge is -2.05. The molecule has 0 fully saturated rings. The molecule has 1 rings (SSSR count). The average molecular weight is 220 g/mol. The van der Waals surface area contributed by atoms with Crippen LogP contribution >= 0.6 is 23.2 Å². The molecule has 1 aromatic carbocycles. The smallest absolute Gasteiger partial charge is 0.339 e. The first kappa shape index (κ1) is 10.2. The third kappa shape index (κ3) is 1.87. The largest absolute Gasteiger partial charge is 0.465 e. The average Bonchev–Trinajstić information content (AvgIpc) is 2.13. The lowest BCUT2D eigenvalue weighted by Crippen LogP contribution is -2.03. The molecule has 0 radical (unpaired) electrons. The molecule has 0 aromatic heterocycles. The molecular weight excluding hydrogens is 213 g/mol. The molecule has 0 aliphatic heterocycles. The number of hydrogen-bond donors (Lipinski definition) is 1. The van der Waals surface area contributed by atoms with Crippen molar-refractivity contribution in [3.8, 4) is 0 Å². The Morgan fingerprint density at radius 3 is 2.62 bits per heavy atom. The van der Waals surface area contributed by atoms with Crippen LogP contribution in [0.25, 0.3) is 0 Å². The van der Waals surface area contributed by atoms with Crippen molar-refractivity contribution in [2.45, 2.75) is 0 Å². The summed E-state index contributed by atoms with van der Waals surface area (Å²) in [6.45, 7) is 0. The minimum Gasteiger partial charge on any atom is -0.465 e. The summed E-state index contributed by atoms with van der Waals surface area (Å²) < 4.78 is 4.49. The molecule has 0 aliphatic carbocycles. The monoisotopic (exact) mass is 219 g/mol. The summed E-state index contributed by atoms with van der Waals surface area (Å²) in [4.78, 5) is 11.1. The maximum absolute atomic E-state index is 11.1. The molecular formula is C8H7Cl2NO2. The van der Waals surface area contributed by atoms with Crippen LogP contribution < -0.4 is 5.73 Å². The molecule has 70 valence electrons. The van der Waals surface area contributed by atoms with Gasteiger partial charge >= 0.3 is 5.97 Å². The van der Waals surface area contributed by atoms with E-state index in [0.717, 1.165) is 0 Å². The van der Waals surface area contributed by atoms with Crippen molar-refractivity contribution >= 4 is 34.9 Å². The van der Waals surface area contributed by atoms with Gasteiger partial charge in [-0.1, -0.05) is 23.2 Å². The minimum absolute atomic E-state index is 0.124. The van der Waals surface area contributed by atoms with E-state index in [4.69, 9.17) is 28.9 Å². The van der Waals surface area contributed by atoms with Crippen LogP contribution in [0.3, 0.4) is 0 Å². The zero-order valence-corrected chi connectivity index (χ0v) is 8.32. The van der Waals surface area contributed by atoms with Gasteiger partial charge in [0.25, 0.3) is 0 Å². The van der Waals surface area contributed by atoms with E-state index < -0.39 is 5.97 Å². The van der Waals surface area contributed by atoms with Crippen molar-refractivity contribution in [3.05, 3.63) is 27.7 Å². The maximum Gasteiger partial charge on any atom is 0.339 e. The fourth-order valence-electron chi connectivity index (χ4n) is 0.837. The van der Waals surface area contributed by atoms with Gasteiger partial charge in [-0.3, -0.25) is 0 Å². The number of carbonyl (C=O) groups is 1. The van der Waals surface area contributed by atoms with E-state index in [1.165, 1.54) is 19.2 Å². The molecule has 5 heteroatoms. The predicted molar refractivity (Wildman–Crippen MR) is 52.2 cm³/mol. The quantitative estimate of drug-likeness (QED) is 0.583. The van der Waals surface area contributed by atoms with Crippen molar-refractivity contribution in [1.82, 2.24) is 0 Å². The van der Waals surface area contributed by atoms with Gasteiger partial charge in [-0.25, -0.2) is 4.79 Å². The van der Waals surface area contributed by atoms with Gasteiger partial charge in [0.05, 0.1) is 28.4 Å². The Balaban J connectivity index is 3.26. The van der Waals surface area contributed by atoms with Gasteiger partial charge in [0, 0.05) is 0 Å². The number of benzene rings is 1. The summed E-state index contributed by atoms with van der Waals surface area (Å²) >= 11 is 11.4. The van der Waals surface area contributed by atoms with Crippen LogP contribution in [-0.4, -0.2) is 13.1 Å². The highest BCUT2D eigenvalue weighted by Crippen LogP contribution is 2.30. The predicted octanol–water partition coefficient (Wildman–Crippen LogP) is 2.36. The van der Waals surface area contributed by atoms with E-state index in [0.29, 0.717) is 5.02 Å². The van der Waals surface area contributed by atoms with E-state index in [9.17, 15) is 4.79 Å². The Labute approximate surface area is 85.4 Å². The van der Waals surface area contributed by atoms with E-state index in [-0.39, 0.29) is 16.3 Å². The molecule has 3 nitrogen and oxygen atoms in total. The summed E-state index contributed by atoms with van der Waals surface area (Å²) in [6.07, 6.45) is 0. The van der Waals surface area contributed by atoms with Crippen molar-refractivity contribution in [1.29, 1.82) is 0 Å². The number of nitrogen functional groups attached to an aromatic ring is 1. The van der Waals surface area contributed by atoms with Gasteiger partial charge in [0.15, 0.2) is 0 Å². The number of carbonyl (C=O) groups excluding carboxylic acids is 1. The Morgan fingerprint density at radius 1 is 1.46 bits per heavy atom. The lowest BCUT2D eigenvalue weighted by molar-refractivity contribution is 0.0601.